The lowest BCUT2D eigenvalue weighted by atomic mass is 9.90. The number of hydrogen-bond donors (Lipinski definition) is 19. The highest BCUT2D eigenvalue weighted by molar-refractivity contribution is 5.73. The van der Waals surface area contributed by atoms with Crippen molar-refractivity contribution in [1.29, 1.82) is 0 Å². The Morgan fingerprint density at radius 1 is 0.435 bits per heavy atom. The summed E-state index contributed by atoms with van der Waals surface area (Å²) in [6.45, 7) is -0.887. The van der Waals surface area contributed by atoms with E-state index in [9.17, 15) is 96.7 Å². The van der Waals surface area contributed by atoms with Crippen LogP contribution in [0, 0.1) is 0 Å². The van der Waals surface area contributed by atoms with Crippen LogP contribution in [0.25, 0.3) is 0 Å². The Bertz CT molecular complexity index is 1640. The first kappa shape index (κ1) is 56.6. The van der Waals surface area contributed by atoms with Gasteiger partial charge in [0.1, 0.15) is 128 Å². The third kappa shape index (κ3) is 11.4. The van der Waals surface area contributed by atoms with Crippen molar-refractivity contribution in [1.82, 2.24) is 5.32 Å². The van der Waals surface area contributed by atoms with Gasteiger partial charge in [0, 0.05) is 6.92 Å². The molecule has 6 rings (SSSR count). The number of carbonyl (C=O) groups excluding carboxylic acids is 1. The zero-order valence-electron chi connectivity index (χ0n) is 37.0. The van der Waals surface area contributed by atoms with Gasteiger partial charge in [0.05, 0.1) is 38.6 Å². The fourth-order valence-electron chi connectivity index (χ4n) is 8.83. The van der Waals surface area contributed by atoms with Crippen molar-refractivity contribution in [2.45, 2.75) is 205 Å². The summed E-state index contributed by atoms with van der Waals surface area (Å²) in [5.74, 6) is -1.16. The van der Waals surface area contributed by atoms with Gasteiger partial charge in [-0.25, -0.2) is 0 Å². The van der Waals surface area contributed by atoms with Gasteiger partial charge in [0.25, 0.3) is 0 Å². The number of carbonyl (C=O) groups is 1. The van der Waals surface area contributed by atoms with Crippen LogP contribution in [-0.2, 0) is 56.9 Å². The van der Waals surface area contributed by atoms with E-state index in [1.54, 1.807) is 0 Å². The molecule has 402 valence electrons. The third-order valence-corrected chi connectivity index (χ3v) is 12.9. The molecule has 6 aliphatic rings. The van der Waals surface area contributed by atoms with E-state index in [0.29, 0.717) is 0 Å². The molecule has 6 aliphatic heterocycles. The first-order valence-corrected chi connectivity index (χ1v) is 21.9. The molecular weight excluding hydrogens is 950 g/mol. The van der Waals surface area contributed by atoms with Gasteiger partial charge >= 0.3 is 0 Å². The van der Waals surface area contributed by atoms with Crippen LogP contribution < -0.4 is 5.32 Å². The normalized spacial score (nSPS) is 53.1. The number of nitrogens with one attached hydrogen (secondary N) is 1. The Morgan fingerprint density at radius 2 is 0.884 bits per heavy atom. The standard InChI is InChI=1S/C38H65NO30/c1-8-15(45)19(49)24(54)33(59-8)66-28-14(7-43)64-37(68-29-18(48)12(5-41)62-35(26(29)56)65-27-13(6-42)61-32(57)23(53)22(27)52)38(58,39-10(3)44)31(28)69-36-30(21(51)17(47)11(4-40)63-36)67-34-25(55)20(50)16(46)9(2)60-34/h8-9,11-37,40-43,45-58H,4-7H2,1-3H3,(H,39,44)/t8-,9-,11+,12+,13+,14+,15+,16+,17-,18-,19+,20+,21-,22+,23+,24-,25-,26+,27+,28+,29-,30+,31-,32?,33-,34-,35-,36-,37-,38+/m0/s1. The van der Waals surface area contributed by atoms with Crippen LogP contribution in [0.3, 0.4) is 0 Å². The minimum Gasteiger partial charge on any atom is -0.394 e. The van der Waals surface area contributed by atoms with Crippen molar-refractivity contribution in [3.8, 4) is 0 Å². The van der Waals surface area contributed by atoms with Gasteiger partial charge in [0.2, 0.25) is 17.9 Å². The Morgan fingerprint density at radius 3 is 1.41 bits per heavy atom. The van der Waals surface area contributed by atoms with Crippen LogP contribution in [0.2, 0.25) is 0 Å². The summed E-state index contributed by atoms with van der Waals surface area (Å²) in [6, 6.07) is 0. The van der Waals surface area contributed by atoms with Gasteiger partial charge < -0.3 is 149 Å². The largest absolute Gasteiger partial charge is 0.394 e. The maximum Gasteiger partial charge on any atom is 0.219 e. The first-order valence-electron chi connectivity index (χ1n) is 21.9. The van der Waals surface area contributed by atoms with Crippen molar-refractivity contribution in [2.24, 2.45) is 0 Å². The molecule has 31 nitrogen and oxygen atoms in total. The molecule has 0 spiro atoms. The van der Waals surface area contributed by atoms with Crippen LogP contribution in [0.15, 0.2) is 0 Å². The van der Waals surface area contributed by atoms with E-state index in [4.69, 9.17) is 52.1 Å². The van der Waals surface area contributed by atoms with Crippen LogP contribution in [0.1, 0.15) is 20.8 Å². The van der Waals surface area contributed by atoms with Crippen molar-refractivity contribution < 1.29 is 149 Å². The van der Waals surface area contributed by atoms with Crippen molar-refractivity contribution in [3.63, 3.8) is 0 Å². The smallest absolute Gasteiger partial charge is 0.219 e. The summed E-state index contributed by atoms with van der Waals surface area (Å²) in [4.78, 5) is 13.1. The highest BCUT2D eigenvalue weighted by Crippen LogP contribution is 2.41. The molecular formula is C38H65NO30. The molecule has 0 aliphatic carbocycles. The topological polar surface area (TPSA) is 495 Å². The lowest BCUT2D eigenvalue weighted by Gasteiger charge is -2.55. The zero-order valence-corrected chi connectivity index (χ0v) is 37.0. The van der Waals surface area contributed by atoms with Crippen LogP contribution >= 0.6 is 0 Å². The summed E-state index contributed by atoms with van der Waals surface area (Å²) in [5, 5.41) is 196. The molecule has 69 heavy (non-hydrogen) atoms. The van der Waals surface area contributed by atoms with Gasteiger partial charge in [0.15, 0.2) is 31.5 Å². The minimum absolute atomic E-state index is 0.839. The van der Waals surface area contributed by atoms with E-state index in [2.05, 4.69) is 5.32 Å². The molecule has 6 fully saturated rings. The summed E-state index contributed by atoms with van der Waals surface area (Å²) in [7, 11) is 0. The molecule has 6 heterocycles. The van der Waals surface area contributed by atoms with E-state index in [1.165, 1.54) is 13.8 Å². The molecule has 6 saturated heterocycles. The SMILES string of the molecule is CC(=O)N[C@]1(O)[C@H](O[C@H]2[C@@H](O)[C@@H](CO)O[C@@H](O[C@H]3[C@H](O)[C@@H](O)C(O)O[C@@H]3CO)[C@@H]2O)O[C@H](CO)[C@@H](O[C@@H]2O[C@@H](C)[C@@H](O)[C@@H](O)[C@@H]2O)[C@@H]1O[C@@H]1O[C@H](CO)[C@H](O)[C@H](O)[C@H]1O[C@@H]1O[C@@H](C)[C@@H](O)[C@@H](O)[C@@H]1O. The fourth-order valence-corrected chi connectivity index (χ4v) is 8.83. The number of ether oxygens (including phenoxy) is 11. The number of aliphatic hydroxyl groups is 18. The second kappa shape index (κ2) is 23.2. The molecule has 30 atom stereocenters. The molecule has 0 saturated carbocycles. The maximum absolute atomic E-state index is 13.1. The van der Waals surface area contributed by atoms with Crippen molar-refractivity contribution in [3.05, 3.63) is 0 Å². The van der Waals surface area contributed by atoms with Gasteiger partial charge in [-0.1, -0.05) is 0 Å². The molecule has 0 bridgehead atoms. The number of hydrogen-bond acceptors (Lipinski definition) is 30. The molecule has 0 aromatic carbocycles. The Balaban J connectivity index is 1.42. The van der Waals surface area contributed by atoms with Crippen molar-refractivity contribution in [2.75, 3.05) is 26.4 Å². The van der Waals surface area contributed by atoms with Gasteiger partial charge in [-0.15, -0.1) is 0 Å². The molecule has 19 N–H and O–H groups in total. The summed E-state index contributed by atoms with van der Waals surface area (Å²) in [5.41, 5.74) is -3.36. The van der Waals surface area contributed by atoms with Crippen LogP contribution in [-0.4, -0.2) is 308 Å². The minimum atomic E-state index is -3.36. The average molecular weight is 1020 g/mol. The molecule has 0 aromatic rings. The maximum atomic E-state index is 13.1. The van der Waals surface area contributed by atoms with Crippen LogP contribution in [0.4, 0.5) is 0 Å². The lowest BCUT2D eigenvalue weighted by Crippen LogP contribution is -2.77. The highest BCUT2D eigenvalue weighted by Gasteiger charge is 2.64. The molecule has 31 heteroatoms. The summed E-state index contributed by atoms with van der Waals surface area (Å²) < 4.78 is 63.1. The van der Waals surface area contributed by atoms with Crippen molar-refractivity contribution >= 4 is 5.91 Å². The number of rotatable bonds is 15. The van der Waals surface area contributed by atoms with E-state index in [1.807, 2.05) is 0 Å². The summed E-state index contributed by atoms with van der Waals surface area (Å²) >= 11 is 0. The monoisotopic (exact) mass is 1020 g/mol. The fraction of sp³-hybridized carbons (Fsp3) is 0.974. The van der Waals surface area contributed by atoms with E-state index >= 15 is 0 Å². The van der Waals surface area contributed by atoms with Crippen LogP contribution in [0.5, 0.6) is 0 Å². The second-order valence-electron chi connectivity index (χ2n) is 17.7. The van der Waals surface area contributed by atoms with Gasteiger partial charge in [-0.2, -0.15) is 0 Å². The summed E-state index contributed by atoms with van der Waals surface area (Å²) in [6.07, 6.45) is -57.5. The Kier molecular flexibility index (Phi) is 19.1. The predicted octanol–water partition coefficient (Wildman–Crippen LogP) is -12.6. The Labute approximate surface area is 390 Å². The molecule has 0 radical (unpaired) electrons. The predicted molar refractivity (Wildman–Crippen MR) is 209 cm³/mol. The number of amides is 1. The second-order valence-corrected chi connectivity index (χ2v) is 17.7. The zero-order chi connectivity index (χ0) is 51.1. The number of aliphatic hydroxyl groups excluding tert-OH is 17. The highest BCUT2D eigenvalue weighted by atomic mass is 16.8. The first-order chi connectivity index (χ1) is 32.4. The van der Waals surface area contributed by atoms with E-state index < -0.39 is 216 Å². The van der Waals surface area contributed by atoms with E-state index in [-0.39, 0.29) is 0 Å². The Hall–Kier alpha value is -1.69. The molecule has 1 unspecified atom stereocenters. The quantitative estimate of drug-likeness (QED) is 0.0677. The van der Waals surface area contributed by atoms with Gasteiger partial charge in [-0.3, -0.25) is 4.79 Å². The average Bonchev–Trinajstić information content (AvgIpc) is 3.31. The van der Waals surface area contributed by atoms with Gasteiger partial charge in [-0.05, 0) is 13.8 Å². The molecule has 1 amide bonds. The third-order valence-electron chi connectivity index (χ3n) is 12.9. The van der Waals surface area contributed by atoms with E-state index in [0.717, 1.165) is 6.92 Å². The molecule has 0 aromatic heterocycles. The lowest BCUT2D eigenvalue weighted by molar-refractivity contribution is -0.430.